The molecule has 0 radical (unpaired) electrons. The number of hydrogen-bond acceptors (Lipinski definition) is 7. The van der Waals surface area contributed by atoms with Crippen LogP contribution in [0.5, 0.6) is 0 Å². The average molecular weight is 418 g/mol. The highest BCUT2D eigenvalue weighted by Gasteiger charge is 2.38. The number of unbranched alkanes of at least 4 members (excludes halogenated alkanes) is 6. The Morgan fingerprint density at radius 2 is 1.53 bits per heavy atom. The Bertz CT molecular complexity index is 744. The first kappa shape index (κ1) is 23.4. The summed E-state index contributed by atoms with van der Waals surface area (Å²) in [4.78, 5) is 35.9. The molecule has 1 N–H and O–H groups in total. The number of esters is 3. The van der Waals surface area contributed by atoms with E-state index in [-0.39, 0.29) is 11.5 Å². The normalized spacial score (nSPS) is 15.2. The van der Waals surface area contributed by atoms with Crippen molar-refractivity contribution in [2.45, 2.75) is 71.5 Å². The third-order valence-corrected chi connectivity index (χ3v) is 4.60. The topological polar surface area (TPSA) is 90.9 Å². The molecule has 0 saturated carbocycles. The first-order chi connectivity index (χ1) is 14.3. The summed E-state index contributed by atoms with van der Waals surface area (Å²) in [7, 11) is 0. The number of rotatable bonds is 11. The summed E-state index contributed by atoms with van der Waals surface area (Å²) in [5, 5.41) is 2.83. The minimum atomic E-state index is -1.28. The fourth-order valence-electron chi connectivity index (χ4n) is 2.94. The molecular formula is C23H31NO6. The SMILES string of the molecule is CCCCCCCCCOC(=O)c1ccc(NC=C2C(=O)OC(C)(C)OC2=O)cc1. The second kappa shape index (κ2) is 11.4. The minimum absolute atomic E-state index is 0.229. The second-order valence-electron chi connectivity index (χ2n) is 7.72. The fourth-order valence-corrected chi connectivity index (χ4v) is 2.94. The third kappa shape index (κ3) is 7.54. The van der Waals surface area contributed by atoms with Gasteiger partial charge in [-0.1, -0.05) is 45.4 Å². The van der Waals surface area contributed by atoms with Crippen molar-refractivity contribution in [3.8, 4) is 0 Å². The van der Waals surface area contributed by atoms with Gasteiger partial charge >= 0.3 is 17.9 Å². The molecule has 30 heavy (non-hydrogen) atoms. The maximum atomic E-state index is 12.1. The summed E-state index contributed by atoms with van der Waals surface area (Å²) in [6.07, 6.45) is 9.36. The number of cyclic esters (lactones) is 2. The third-order valence-electron chi connectivity index (χ3n) is 4.60. The summed E-state index contributed by atoms with van der Waals surface area (Å²) in [5.41, 5.74) is 0.804. The lowest BCUT2D eigenvalue weighted by atomic mass is 10.1. The van der Waals surface area contributed by atoms with Crippen molar-refractivity contribution >= 4 is 23.6 Å². The Kier molecular flexibility index (Phi) is 8.89. The molecule has 1 heterocycles. The van der Waals surface area contributed by atoms with Crippen LogP contribution < -0.4 is 5.32 Å². The second-order valence-corrected chi connectivity index (χ2v) is 7.72. The first-order valence-electron chi connectivity index (χ1n) is 10.5. The van der Waals surface area contributed by atoms with E-state index >= 15 is 0 Å². The van der Waals surface area contributed by atoms with E-state index in [1.54, 1.807) is 24.3 Å². The lowest BCUT2D eigenvalue weighted by molar-refractivity contribution is -0.222. The van der Waals surface area contributed by atoms with Gasteiger partial charge in [-0.15, -0.1) is 0 Å². The number of carbonyl (C=O) groups excluding carboxylic acids is 3. The highest BCUT2D eigenvalue weighted by molar-refractivity contribution is 6.15. The number of hydrogen-bond donors (Lipinski definition) is 1. The molecule has 0 atom stereocenters. The Balaban J connectivity index is 1.76. The Morgan fingerprint density at radius 3 is 2.13 bits per heavy atom. The minimum Gasteiger partial charge on any atom is -0.462 e. The van der Waals surface area contributed by atoms with Gasteiger partial charge in [-0.25, -0.2) is 14.4 Å². The van der Waals surface area contributed by atoms with Crippen LogP contribution >= 0.6 is 0 Å². The van der Waals surface area contributed by atoms with Crippen molar-refractivity contribution in [2.75, 3.05) is 11.9 Å². The van der Waals surface area contributed by atoms with Gasteiger partial charge in [0.25, 0.3) is 5.79 Å². The van der Waals surface area contributed by atoms with Gasteiger partial charge in [0.15, 0.2) is 5.57 Å². The highest BCUT2D eigenvalue weighted by Crippen LogP contribution is 2.22. The molecule has 7 nitrogen and oxygen atoms in total. The van der Waals surface area contributed by atoms with Crippen molar-refractivity contribution in [1.29, 1.82) is 0 Å². The zero-order valence-corrected chi connectivity index (χ0v) is 18.0. The van der Waals surface area contributed by atoms with Crippen molar-refractivity contribution < 1.29 is 28.6 Å². The van der Waals surface area contributed by atoms with Crippen molar-refractivity contribution in [1.82, 2.24) is 0 Å². The van der Waals surface area contributed by atoms with E-state index in [0.29, 0.717) is 17.9 Å². The van der Waals surface area contributed by atoms with Gasteiger partial charge in [0.05, 0.1) is 12.2 Å². The van der Waals surface area contributed by atoms with Gasteiger partial charge < -0.3 is 19.5 Å². The smallest absolute Gasteiger partial charge is 0.350 e. The zero-order valence-electron chi connectivity index (χ0n) is 18.0. The zero-order chi connectivity index (χ0) is 22.0. The summed E-state index contributed by atoms with van der Waals surface area (Å²) in [6.45, 7) is 5.58. The molecule has 1 aromatic rings. The van der Waals surface area contributed by atoms with Gasteiger partial charge in [-0.05, 0) is 30.7 Å². The van der Waals surface area contributed by atoms with Gasteiger partial charge in [0, 0.05) is 25.7 Å². The first-order valence-corrected chi connectivity index (χ1v) is 10.5. The number of anilines is 1. The predicted octanol–water partition coefficient (Wildman–Crippen LogP) is 4.73. The molecule has 2 rings (SSSR count). The molecule has 0 spiro atoms. The van der Waals surface area contributed by atoms with E-state index in [2.05, 4.69) is 12.2 Å². The largest absolute Gasteiger partial charge is 0.462 e. The number of carbonyl (C=O) groups is 3. The average Bonchev–Trinajstić information content (AvgIpc) is 2.68. The Labute approximate surface area is 177 Å². The van der Waals surface area contributed by atoms with Crippen LogP contribution in [0, 0.1) is 0 Å². The molecule has 1 saturated heterocycles. The van der Waals surface area contributed by atoms with E-state index in [1.807, 2.05) is 0 Å². The Morgan fingerprint density at radius 1 is 0.967 bits per heavy atom. The lowest BCUT2D eigenvalue weighted by Crippen LogP contribution is -2.42. The van der Waals surface area contributed by atoms with Crippen LogP contribution in [0.15, 0.2) is 36.0 Å². The summed E-state index contributed by atoms with van der Waals surface area (Å²) in [5.74, 6) is -3.15. The van der Waals surface area contributed by atoms with Gasteiger partial charge in [0.2, 0.25) is 0 Å². The van der Waals surface area contributed by atoms with E-state index in [4.69, 9.17) is 14.2 Å². The molecule has 0 bridgehead atoms. The number of benzene rings is 1. The molecule has 1 fully saturated rings. The summed E-state index contributed by atoms with van der Waals surface area (Å²) in [6, 6.07) is 6.55. The standard InChI is InChI=1S/C23H31NO6/c1-4-5-6-7-8-9-10-15-28-20(25)17-11-13-18(14-12-17)24-16-19-21(26)29-23(2,3)30-22(19)27/h11-14,16,24H,4-10,15H2,1-3H3. The monoisotopic (exact) mass is 417 g/mol. The van der Waals surface area contributed by atoms with Crippen molar-refractivity contribution in [2.24, 2.45) is 0 Å². The van der Waals surface area contributed by atoms with Gasteiger partial charge in [-0.3, -0.25) is 0 Å². The molecule has 0 aromatic heterocycles. The molecule has 1 aliphatic rings. The molecule has 0 unspecified atom stereocenters. The van der Waals surface area contributed by atoms with Crippen LogP contribution in [0.25, 0.3) is 0 Å². The molecule has 164 valence electrons. The van der Waals surface area contributed by atoms with Crippen LogP contribution in [0.4, 0.5) is 5.69 Å². The Hall–Kier alpha value is -2.83. The van der Waals surface area contributed by atoms with Crippen LogP contribution in [0.2, 0.25) is 0 Å². The van der Waals surface area contributed by atoms with Crippen LogP contribution in [0.1, 0.15) is 76.1 Å². The van der Waals surface area contributed by atoms with Crippen LogP contribution in [-0.4, -0.2) is 30.3 Å². The predicted molar refractivity (Wildman–Crippen MR) is 113 cm³/mol. The van der Waals surface area contributed by atoms with Gasteiger partial charge in [-0.2, -0.15) is 0 Å². The van der Waals surface area contributed by atoms with E-state index in [9.17, 15) is 14.4 Å². The van der Waals surface area contributed by atoms with Crippen LogP contribution in [0.3, 0.4) is 0 Å². The van der Waals surface area contributed by atoms with E-state index in [0.717, 1.165) is 12.8 Å². The molecule has 7 heteroatoms. The molecular weight excluding hydrogens is 386 g/mol. The van der Waals surface area contributed by atoms with Gasteiger partial charge in [0.1, 0.15) is 0 Å². The van der Waals surface area contributed by atoms with E-state index in [1.165, 1.54) is 52.2 Å². The maximum Gasteiger partial charge on any atom is 0.350 e. The summed E-state index contributed by atoms with van der Waals surface area (Å²) < 4.78 is 15.4. The number of ether oxygens (including phenoxy) is 3. The lowest BCUT2D eigenvalue weighted by Gasteiger charge is -2.29. The fraction of sp³-hybridized carbons (Fsp3) is 0.522. The molecule has 0 amide bonds. The molecule has 1 aromatic carbocycles. The van der Waals surface area contributed by atoms with Crippen LogP contribution in [-0.2, 0) is 23.8 Å². The molecule has 1 aliphatic heterocycles. The van der Waals surface area contributed by atoms with Crippen molar-refractivity contribution in [3.63, 3.8) is 0 Å². The van der Waals surface area contributed by atoms with Crippen molar-refractivity contribution in [3.05, 3.63) is 41.6 Å². The quantitative estimate of drug-likeness (QED) is 0.241. The number of nitrogens with one attached hydrogen (secondary N) is 1. The maximum absolute atomic E-state index is 12.1. The van der Waals surface area contributed by atoms with E-state index < -0.39 is 17.7 Å². The summed E-state index contributed by atoms with van der Waals surface area (Å²) >= 11 is 0. The molecule has 0 aliphatic carbocycles. The highest BCUT2D eigenvalue weighted by atomic mass is 16.7.